The molecule has 0 N–H and O–H groups in total. The van der Waals surface area contributed by atoms with E-state index in [0.29, 0.717) is 23.7 Å². The van der Waals surface area contributed by atoms with E-state index in [-0.39, 0.29) is 5.78 Å². The number of benzene rings is 2. The third-order valence-corrected chi connectivity index (χ3v) is 3.61. The van der Waals surface area contributed by atoms with Gasteiger partial charge in [0.15, 0.2) is 5.78 Å². The van der Waals surface area contributed by atoms with E-state index < -0.39 is 0 Å². The van der Waals surface area contributed by atoms with Crippen LogP contribution >= 0.6 is 11.8 Å². The highest BCUT2D eigenvalue weighted by Crippen LogP contribution is 2.23. The third kappa shape index (κ3) is 3.86. The van der Waals surface area contributed by atoms with E-state index in [1.165, 1.54) is 0 Å². The molecule has 0 spiro atoms. The summed E-state index contributed by atoms with van der Waals surface area (Å²) >= 11 is 1.55. The summed E-state index contributed by atoms with van der Waals surface area (Å²) < 4.78 is 5.48. The zero-order valence-electron chi connectivity index (χ0n) is 10.8. The highest BCUT2D eigenvalue weighted by Gasteiger charge is 2.11. The van der Waals surface area contributed by atoms with E-state index in [1.807, 2.05) is 61.5 Å². The lowest BCUT2D eigenvalue weighted by molar-refractivity contribution is 0.101. The summed E-state index contributed by atoms with van der Waals surface area (Å²) in [5.74, 6) is 1.19. The Hall–Kier alpha value is -1.74. The fourth-order valence-corrected chi connectivity index (χ4v) is 2.52. The fraction of sp³-hybridized carbons (Fsp3) is 0.188. The molecule has 0 saturated heterocycles. The first-order chi connectivity index (χ1) is 9.31. The lowest BCUT2D eigenvalue weighted by Gasteiger charge is -2.08. The van der Waals surface area contributed by atoms with Crippen molar-refractivity contribution in [3.05, 3.63) is 60.2 Å². The van der Waals surface area contributed by atoms with Crippen molar-refractivity contribution in [1.29, 1.82) is 0 Å². The highest BCUT2D eigenvalue weighted by molar-refractivity contribution is 8.00. The zero-order valence-corrected chi connectivity index (χ0v) is 11.7. The van der Waals surface area contributed by atoms with Crippen LogP contribution in [-0.2, 0) is 0 Å². The summed E-state index contributed by atoms with van der Waals surface area (Å²) in [5.41, 5.74) is 0.660. The molecule has 3 heteroatoms. The standard InChI is InChI=1S/C16H16O2S/c1-2-18-16-11-7-6-10-14(16)15(17)12-19-13-8-4-3-5-9-13/h3-11H,2,12H2,1H3. The van der Waals surface area contributed by atoms with Crippen molar-refractivity contribution in [2.45, 2.75) is 11.8 Å². The second-order valence-corrected chi connectivity index (χ2v) is 5.00. The molecule has 98 valence electrons. The molecule has 2 aromatic carbocycles. The predicted molar refractivity (Wildman–Crippen MR) is 79.1 cm³/mol. The molecule has 0 atom stereocenters. The van der Waals surface area contributed by atoms with Crippen LogP contribution in [0.1, 0.15) is 17.3 Å². The van der Waals surface area contributed by atoms with Gasteiger partial charge in [0.1, 0.15) is 5.75 Å². The Morgan fingerprint density at radius 3 is 2.47 bits per heavy atom. The minimum Gasteiger partial charge on any atom is -0.493 e. The van der Waals surface area contributed by atoms with Crippen LogP contribution in [-0.4, -0.2) is 18.1 Å². The minimum absolute atomic E-state index is 0.0953. The second kappa shape index (κ2) is 7.00. The molecule has 2 nitrogen and oxygen atoms in total. The molecule has 0 aliphatic carbocycles. The molecular weight excluding hydrogens is 256 g/mol. The average Bonchev–Trinajstić information content (AvgIpc) is 2.47. The Morgan fingerprint density at radius 2 is 1.74 bits per heavy atom. The van der Waals surface area contributed by atoms with Crippen molar-refractivity contribution >= 4 is 17.5 Å². The van der Waals surface area contributed by atoms with Gasteiger partial charge in [0.05, 0.1) is 17.9 Å². The van der Waals surface area contributed by atoms with E-state index in [1.54, 1.807) is 11.8 Å². The number of carbonyl (C=O) groups excluding carboxylic acids is 1. The molecular formula is C16H16O2S. The van der Waals surface area contributed by atoms with Crippen LogP contribution in [0.3, 0.4) is 0 Å². The number of ketones is 1. The van der Waals surface area contributed by atoms with Gasteiger partial charge in [-0.15, -0.1) is 11.8 Å². The van der Waals surface area contributed by atoms with Crippen LogP contribution in [0.2, 0.25) is 0 Å². The summed E-state index contributed by atoms with van der Waals surface area (Å²) in [6.45, 7) is 2.48. The molecule has 0 aliphatic rings. The molecule has 0 aliphatic heterocycles. The Balaban J connectivity index is 2.04. The lowest BCUT2D eigenvalue weighted by Crippen LogP contribution is -2.06. The number of hydrogen-bond donors (Lipinski definition) is 0. The van der Waals surface area contributed by atoms with Crippen LogP contribution < -0.4 is 4.74 Å². The van der Waals surface area contributed by atoms with E-state index >= 15 is 0 Å². The first-order valence-electron chi connectivity index (χ1n) is 6.24. The lowest BCUT2D eigenvalue weighted by atomic mass is 10.1. The number of rotatable bonds is 6. The number of thioether (sulfide) groups is 1. The Morgan fingerprint density at radius 1 is 1.05 bits per heavy atom. The average molecular weight is 272 g/mol. The van der Waals surface area contributed by atoms with Crippen LogP contribution in [0, 0.1) is 0 Å². The fourth-order valence-electron chi connectivity index (χ4n) is 1.72. The summed E-state index contributed by atoms with van der Waals surface area (Å²) in [7, 11) is 0. The second-order valence-electron chi connectivity index (χ2n) is 3.95. The van der Waals surface area contributed by atoms with Crippen molar-refractivity contribution in [1.82, 2.24) is 0 Å². The Bertz CT molecular complexity index is 537. The molecule has 2 aromatic rings. The topological polar surface area (TPSA) is 26.3 Å². The maximum atomic E-state index is 12.2. The Labute approximate surface area is 117 Å². The van der Waals surface area contributed by atoms with E-state index in [2.05, 4.69) is 0 Å². The van der Waals surface area contributed by atoms with Gasteiger partial charge in [-0.1, -0.05) is 30.3 Å². The van der Waals surface area contributed by atoms with Crippen LogP contribution in [0.25, 0.3) is 0 Å². The number of carbonyl (C=O) groups is 1. The minimum atomic E-state index is 0.0953. The quantitative estimate of drug-likeness (QED) is 0.586. The third-order valence-electron chi connectivity index (χ3n) is 2.60. The molecule has 0 saturated carbocycles. The van der Waals surface area contributed by atoms with Gasteiger partial charge >= 0.3 is 0 Å². The highest BCUT2D eigenvalue weighted by atomic mass is 32.2. The van der Waals surface area contributed by atoms with Gasteiger partial charge in [0.2, 0.25) is 0 Å². The first kappa shape index (κ1) is 13.7. The van der Waals surface area contributed by atoms with Crippen molar-refractivity contribution < 1.29 is 9.53 Å². The molecule has 0 aromatic heterocycles. The zero-order chi connectivity index (χ0) is 13.5. The molecule has 0 fully saturated rings. The summed E-state index contributed by atoms with van der Waals surface area (Å²) in [6.07, 6.45) is 0. The summed E-state index contributed by atoms with van der Waals surface area (Å²) in [6, 6.07) is 17.3. The normalized spacial score (nSPS) is 10.2. The molecule has 0 unspecified atom stereocenters. The van der Waals surface area contributed by atoms with Gasteiger partial charge in [0.25, 0.3) is 0 Å². The number of para-hydroxylation sites is 1. The van der Waals surface area contributed by atoms with Crippen LogP contribution in [0.15, 0.2) is 59.5 Å². The van der Waals surface area contributed by atoms with Crippen LogP contribution in [0.5, 0.6) is 5.75 Å². The van der Waals surface area contributed by atoms with E-state index in [9.17, 15) is 4.79 Å². The van der Waals surface area contributed by atoms with E-state index in [0.717, 1.165) is 4.90 Å². The molecule has 0 heterocycles. The van der Waals surface area contributed by atoms with Gasteiger partial charge in [-0.2, -0.15) is 0 Å². The summed E-state index contributed by atoms with van der Waals surface area (Å²) in [5, 5.41) is 0. The number of hydrogen-bond acceptors (Lipinski definition) is 3. The van der Waals surface area contributed by atoms with Gasteiger partial charge in [0, 0.05) is 4.90 Å². The molecule has 19 heavy (non-hydrogen) atoms. The molecule has 0 amide bonds. The van der Waals surface area contributed by atoms with Gasteiger partial charge in [-0.25, -0.2) is 0 Å². The maximum Gasteiger partial charge on any atom is 0.176 e. The molecule has 0 bridgehead atoms. The van der Waals surface area contributed by atoms with Crippen molar-refractivity contribution in [3.8, 4) is 5.75 Å². The SMILES string of the molecule is CCOc1ccccc1C(=O)CSc1ccccc1. The molecule has 2 rings (SSSR count). The Kier molecular flexibility index (Phi) is 5.04. The largest absolute Gasteiger partial charge is 0.493 e. The van der Waals surface area contributed by atoms with Gasteiger partial charge < -0.3 is 4.74 Å². The smallest absolute Gasteiger partial charge is 0.176 e. The number of Topliss-reactive ketones (excluding diaryl/α,β-unsaturated/α-hetero) is 1. The van der Waals surface area contributed by atoms with Gasteiger partial charge in [-0.05, 0) is 31.2 Å². The predicted octanol–water partition coefficient (Wildman–Crippen LogP) is 4.06. The van der Waals surface area contributed by atoms with Crippen molar-refractivity contribution in [3.63, 3.8) is 0 Å². The van der Waals surface area contributed by atoms with Gasteiger partial charge in [-0.3, -0.25) is 4.79 Å². The number of ether oxygens (including phenoxy) is 1. The van der Waals surface area contributed by atoms with E-state index in [4.69, 9.17) is 4.74 Å². The monoisotopic (exact) mass is 272 g/mol. The first-order valence-corrected chi connectivity index (χ1v) is 7.22. The summed E-state index contributed by atoms with van der Waals surface area (Å²) in [4.78, 5) is 13.3. The maximum absolute atomic E-state index is 12.2. The molecule has 0 radical (unpaired) electrons. The van der Waals surface area contributed by atoms with Crippen molar-refractivity contribution in [2.24, 2.45) is 0 Å². The van der Waals surface area contributed by atoms with Crippen LogP contribution in [0.4, 0.5) is 0 Å². The van der Waals surface area contributed by atoms with Crippen molar-refractivity contribution in [2.75, 3.05) is 12.4 Å².